The molecule has 1 saturated heterocycles. The van der Waals surface area contributed by atoms with E-state index < -0.39 is 23.7 Å². The Morgan fingerprint density at radius 1 is 1.05 bits per heavy atom. The van der Waals surface area contributed by atoms with Crippen LogP contribution in [0.25, 0.3) is 11.3 Å². The van der Waals surface area contributed by atoms with Crippen molar-refractivity contribution in [3.8, 4) is 17.1 Å². The number of likely N-dealkylation sites (tertiary alicyclic amines) is 1. The van der Waals surface area contributed by atoms with Gasteiger partial charge in [0.2, 0.25) is 0 Å². The summed E-state index contributed by atoms with van der Waals surface area (Å²) in [5.41, 5.74) is 10.4. The number of hydrogen-bond acceptors (Lipinski definition) is 8. The Kier molecular flexibility index (Phi) is 6.82. The van der Waals surface area contributed by atoms with Crippen LogP contribution in [0.4, 0.5) is 0 Å². The minimum absolute atomic E-state index is 0.0591. The molecule has 5 aliphatic rings. The van der Waals surface area contributed by atoms with E-state index in [9.17, 15) is 24.9 Å². The number of amides is 1. The zero-order valence-corrected chi connectivity index (χ0v) is 25.8. The van der Waals surface area contributed by atoms with Gasteiger partial charge >= 0.3 is 0 Å². The summed E-state index contributed by atoms with van der Waals surface area (Å²) in [6, 6.07) is 5.72. The maximum absolute atomic E-state index is 14.3. The van der Waals surface area contributed by atoms with Crippen molar-refractivity contribution in [3.63, 3.8) is 0 Å². The monoisotopic (exact) mass is 599 g/mol. The summed E-state index contributed by atoms with van der Waals surface area (Å²) in [6.45, 7) is 5.22. The summed E-state index contributed by atoms with van der Waals surface area (Å²) in [4.78, 5) is 31.3. The highest BCUT2D eigenvalue weighted by atomic mass is 16.3. The average Bonchev–Trinajstić information content (AvgIpc) is 3.62. The first-order valence-electron chi connectivity index (χ1n) is 15.8. The van der Waals surface area contributed by atoms with Gasteiger partial charge in [0, 0.05) is 41.2 Å². The number of fused-ring (bicyclic) bond motifs is 3. The third kappa shape index (κ3) is 4.27. The highest BCUT2D eigenvalue weighted by molar-refractivity contribution is 6.14. The Morgan fingerprint density at radius 2 is 1.75 bits per heavy atom. The van der Waals surface area contributed by atoms with Crippen LogP contribution < -0.4 is 5.73 Å². The van der Waals surface area contributed by atoms with Crippen LogP contribution in [0.3, 0.4) is 0 Å². The second-order valence-electron chi connectivity index (χ2n) is 13.7. The number of nitrogens with two attached hydrogens (primary N) is 1. The molecule has 5 N–H and O–H groups in total. The molecule has 1 amide bonds. The first-order chi connectivity index (χ1) is 21.0. The second kappa shape index (κ2) is 10.4. The molecule has 7 rings (SSSR count). The minimum atomic E-state index is -0.739. The number of ketones is 1. The molecule has 2 aromatic rings. The van der Waals surface area contributed by atoms with E-state index in [-0.39, 0.29) is 45.8 Å². The van der Waals surface area contributed by atoms with Crippen LogP contribution in [0.2, 0.25) is 0 Å². The molecule has 0 bridgehead atoms. The number of carbonyl (C=O) groups is 2. The summed E-state index contributed by atoms with van der Waals surface area (Å²) in [6.07, 6.45) is 6.42. The first kappa shape index (κ1) is 28.9. The molecule has 1 saturated carbocycles. The van der Waals surface area contributed by atoms with E-state index in [2.05, 4.69) is 18.7 Å². The second-order valence-corrected chi connectivity index (χ2v) is 13.7. The average molecular weight is 600 g/mol. The number of nitrogens with zero attached hydrogens (tertiary/aromatic N) is 2. The number of hydrogen-bond donors (Lipinski definition) is 4. The fourth-order valence-electron chi connectivity index (χ4n) is 8.72. The molecule has 232 valence electrons. The van der Waals surface area contributed by atoms with Crippen molar-refractivity contribution in [1.82, 2.24) is 9.80 Å². The largest absolute Gasteiger partial charge is 0.511 e. The number of aromatic hydroxyl groups is 1. The summed E-state index contributed by atoms with van der Waals surface area (Å²) in [5, 5.41) is 34.5. The molecule has 3 unspecified atom stereocenters. The van der Waals surface area contributed by atoms with E-state index in [1.165, 1.54) is 6.07 Å². The van der Waals surface area contributed by atoms with Gasteiger partial charge in [0.05, 0.1) is 23.4 Å². The van der Waals surface area contributed by atoms with Crippen LogP contribution in [0.5, 0.6) is 5.75 Å². The van der Waals surface area contributed by atoms with Gasteiger partial charge in [0.1, 0.15) is 23.0 Å². The normalized spacial score (nSPS) is 30.2. The zero-order valence-electron chi connectivity index (χ0n) is 25.8. The van der Waals surface area contributed by atoms with Crippen molar-refractivity contribution in [2.75, 3.05) is 14.1 Å². The number of furan rings is 1. The standard InChI is InChI=1S/C35H41N3O6/c1-16-5-6-17(2)38(16)15-19-11-12-44-34(19)21-9-10-24(39)27-22(21)13-20-14-23-28(32(41)26(20)31(27)40)25(18-7-8-18)29(35(36)43)33(42)30(23)37(3)4/h9-12,16-17,20,23,28,30,39,41-42H,5-8,13-15H2,1-4H3,(H2,36,43)/t16-,17-,20?,23?,28?,30+/m1/s1. The van der Waals surface area contributed by atoms with E-state index >= 15 is 0 Å². The fraction of sp³-hybridized carbons (Fsp3) is 0.486. The number of phenolic OH excluding ortho intramolecular Hbond substituents is 1. The van der Waals surface area contributed by atoms with Crippen molar-refractivity contribution in [1.29, 1.82) is 0 Å². The number of Topliss-reactive ketones (excluding diaryl/α,β-unsaturated/α-hetero) is 1. The van der Waals surface area contributed by atoms with Crippen LogP contribution in [-0.4, -0.2) is 69.0 Å². The van der Waals surface area contributed by atoms with E-state index in [4.69, 9.17) is 10.2 Å². The quantitative estimate of drug-likeness (QED) is 0.370. The SMILES string of the molecule is C[C@@H]1CC[C@@H](C)N1Cc1ccoc1-c1ccc(O)c2c1CC1CC3C(C(O)=C1C2=O)C(=C1CC1)C(C(N)=O)=C(O)[C@H]3N(C)C. The molecule has 0 spiro atoms. The topological polar surface area (TPSA) is 140 Å². The number of carbonyl (C=O) groups excluding carboxylic acids is 2. The lowest BCUT2D eigenvalue weighted by Crippen LogP contribution is -2.50. The fourth-order valence-corrected chi connectivity index (χ4v) is 8.72. The van der Waals surface area contributed by atoms with Gasteiger partial charge in [0.15, 0.2) is 5.78 Å². The summed E-state index contributed by atoms with van der Waals surface area (Å²) >= 11 is 0. The molecule has 9 heteroatoms. The Labute approximate surface area is 257 Å². The lowest BCUT2D eigenvalue weighted by Gasteiger charge is -2.48. The highest BCUT2D eigenvalue weighted by Gasteiger charge is 2.54. The Bertz CT molecular complexity index is 1660. The van der Waals surface area contributed by atoms with Crippen molar-refractivity contribution >= 4 is 11.7 Å². The summed E-state index contributed by atoms with van der Waals surface area (Å²) < 4.78 is 6.08. The van der Waals surface area contributed by atoms with Gasteiger partial charge in [-0.05, 0) is 108 Å². The van der Waals surface area contributed by atoms with Gasteiger partial charge in [-0.1, -0.05) is 5.57 Å². The number of primary amides is 1. The minimum Gasteiger partial charge on any atom is -0.511 e. The number of phenols is 1. The Morgan fingerprint density at radius 3 is 2.39 bits per heavy atom. The van der Waals surface area contributed by atoms with Gasteiger partial charge < -0.3 is 25.5 Å². The lowest BCUT2D eigenvalue weighted by atomic mass is 9.59. The van der Waals surface area contributed by atoms with Gasteiger partial charge in [-0.2, -0.15) is 0 Å². The third-order valence-corrected chi connectivity index (χ3v) is 10.9. The molecule has 2 heterocycles. The first-order valence-corrected chi connectivity index (χ1v) is 15.8. The molecule has 0 radical (unpaired) electrons. The summed E-state index contributed by atoms with van der Waals surface area (Å²) in [5.74, 6) is -1.98. The number of likely N-dealkylation sites (N-methyl/N-ethyl adjacent to an activating group) is 1. The van der Waals surface area contributed by atoms with Crippen LogP contribution in [0.15, 0.2) is 62.7 Å². The number of aliphatic hydroxyl groups excluding tert-OH is 2. The lowest BCUT2D eigenvalue weighted by molar-refractivity contribution is -0.114. The van der Waals surface area contributed by atoms with Crippen molar-refractivity contribution < 1.29 is 29.3 Å². The number of rotatable bonds is 5. The molecule has 44 heavy (non-hydrogen) atoms. The number of benzene rings is 1. The molecule has 1 aliphatic heterocycles. The molecule has 9 nitrogen and oxygen atoms in total. The van der Waals surface area contributed by atoms with Crippen molar-refractivity contribution in [2.45, 2.75) is 77.0 Å². The van der Waals surface area contributed by atoms with Crippen molar-refractivity contribution in [3.05, 3.63) is 75.0 Å². The smallest absolute Gasteiger partial charge is 0.252 e. The maximum atomic E-state index is 14.3. The van der Waals surface area contributed by atoms with Gasteiger partial charge in [-0.15, -0.1) is 0 Å². The molecule has 6 atom stereocenters. The van der Waals surface area contributed by atoms with E-state index in [0.717, 1.165) is 48.9 Å². The molecule has 1 aromatic carbocycles. The van der Waals surface area contributed by atoms with E-state index in [0.29, 0.717) is 41.8 Å². The number of aliphatic hydroxyl groups is 2. The van der Waals surface area contributed by atoms with Gasteiger partial charge in [-0.25, -0.2) is 0 Å². The van der Waals surface area contributed by atoms with E-state index in [1.807, 2.05) is 31.1 Å². The molecular weight excluding hydrogens is 558 g/mol. The summed E-state index contributed by atoms with van der Waals surface area (Å²) in [7, 11) is 3.67. The molecule has 1 aromatic heterocycles. The van der Waals surface area contributed by atoms with Crippen LogP contribution in [-0.2, 0) is 17.8 Å². The van der Waals surface area contributed by atoms with Gasteiger partial charge in [-0.3, -0.25) is 19.4 Å². The van der Waals surface area contributed by atoms with E-state index in [1.54, 1.807) is 6.26 Å². The van der Waals surface area contributed by atoms with Crippen LogP contribution >= 0.6 is 0 Å². The Hall–Kier alpha value is -3.82. The molecular formula is C35H41N3O6. The van der Waals surface area contributed by atoms with Gasteiger partial charge in [0.25, 0.3) is 5.91 Å². The van der Waals surface area contributed by atoms with Crippen LogP contribution in [0.1, 0.15) is 67.4 Å². The highest BCUT2D eigenvalue weighted by Crippen LogP contribution is 2.56. The maximum Gasteiger partial charge on any atom is 0.252 e. The van der Waals surface area contributed by atoms with Crippen LogP contribution in [0, 0.1) is 17.8 Å². The Balaban J connectivity index is 1.34. The zero-order chi connectivity index (χ0) is 31.2. The number of allylic oxidation sites excluding steroid dienone is 3. The van der Waals surface area contributed by atoms with Crippen molar-refractivity contribution in [2.24, 2.45) is 23.5 Å². The third-order valence-electron chi connectivity index (χ3n) is 10.9. The predicted molar refractivity (Wildman–Crippen MR) is 165 cm³/mol. The molecule has 4 aliphatic carbocycles. The predicted octanol–water partition coefficient (Wildman–Crippen LogP) is 5.16. The molecule has 2 fully saturated rings.